The number of hydrogen-bond acceptors (Lipinski definition) is 9. The van der Waals surface area contributed by atoms with Gasteiger partial charge in [0.2, 0.25) is 5.88 Å². The van der Waals surface area contributed by atoms with Crippen LogP contribution in [-0.4, -0.2) is 64.4 Å². The van der Waals surface area contributed by atoms with Crippen molar-refractivity contribution in [3.05, 3.63) is 36.2 Å². The summed E-state index contributed by atoms with van der Waals surface area (Å²) in [6, 6.07) is 8.36. The molecule has 2 bridgehead atoms. The van der Waals surface area contributed by atoms with Gasteiger partial charge < -0.3 is 24.4 Å². The van der Waals surface area contributed by atoms with Gasteiger partial charge in [0.05, 0.1) is 43.5 Å². The molecule has 2 aliphatic heterocycles. The van der Waals surface area contributed by atoms with E-state index in [-0.39, 0.29) is 6.10 Å². The first-order valence-corrected chi connectivity index (χ1v) is 12.3. The smallest absolute Gasteiger partial charge is 0.233 e. The largest absolute Gasteiger partial charge is 0.488 e. The molecule has 10 nitrogen and oxygen atoms in total. The molecular formula is C25H29N7O3. The van der Waals surface area contributed by atoms with Crippen LogP contribution in [0.3, 0.4) is 0 Å². The molecule has 3 fully saturated rings. The highest BCUT2D eigenvalue weighted by atomic mass is 16.5. The Hall–Kier alpha value is -3.58. The summed E-state index contributed by atoms with van der Waals surface area (Å²) >= 11 is 0. The van der Waals surface area contributed by atoms with Crippen molar-refractivity contribution in [2.45, 2.75) is 62.9 Å². The lowest BCUT2D eigenvalue weighted by Gasteiger charge is -2.34. The molecule has 35 heavy (non-hydrogen) atoms. The van der Waals surface area contributed by atoms with Gasteiger partial charge in [0, 0.05) is 31.3 Å². The third kappa shape index (κ3) is 4.44. The van der Waals surface area contributed by atoms with Gasteiger partial charge in [0.15, 0.2) is 0 Å². The summed E-state index contributed by atoms with van der Waals surface area (Å²) in [6.07, 6.45) is 10.3. The summed E-state index contributed by atoms with van der Waals surface area (Å²) < 4.78 is 19.4. The number of rotatable bonds is 6. The Kier molecular flexibility index (Phi) is 5.78. The van der Waals surface area contributed by atoms with Crippen LogP contribution in [0.15, 0.2) is 30.6 Å². The first-order chi connectivity index (χ1) is 17.2. The number of pyridine rings is 1. The van der Waals surface area contributed by atoms with Gasteiger partial charge in [0.1, 0.15) is 28.7 Å². The molecule has 3 aliphatic rings. The molecule has 0 aromatic carbocycles. The molecule has 1 N–H and O–H groups in total. The van der Waals surface area contributed by atoms with Gasteiger partial charge in [0.25, 0.3) is 0 Å². The first-order valence-electron chi connectivity index (χ1n) is 12.3. The highest BCUT2D eigenvalue weighted by Crippen LogP contribution is 2.35. The molecule has 3 aromatic rings. The Balaban J connectivity index is 1.17. The Morgan fingerprint density at radius 2 is 1.89 bits per heavy atom. The zero-order valence-corrected chi connectivity index (χ0v) is 19.8. The predicted octanol–water partition coefficient (Wildman–Crippen LogP) is 3.17. The van der Waals surface area contributed by atoms with Gasteiger partial charge in [-0.2, -0.15) is 10.4 Å². The maximum absolute atomic E-state index is 9.65. The molecule has 0 spiro atoms. The number of aromatic nitrogens is 4. The fourth-order valence-electron chi connectivity index (χ4n) is 5.46. The minimum atomic E-state index is 0.0800. The average molecular weight is 476 g/mol. The van der Waals surface area contributed by atoms with Crippen molar-refractivity contribution in [2.75, 3.05) is 30.4 Å². The second-order valence-electron chi connectivity index (χ2n) is 9.58. The van der Waals surface area contributed by atoms with Crippen molar-refractivity contribution in [3.8, 4) is 17.7 Å². The number of nitrogens with zero attached hydrogens (tertiary/aromatic N) is 6. The summed E-state index contributed by atoms with van der Waals surface area (Å²) in [5.41, 5.74) is 2.33. The van der Waals surface area contributed by atoms with Crippen LogP contribution in [0.4, 0.5) is 11.5 Å². The van der Waals surface area contributed by atoms with Gasteiger partial charge >= 0.3 is 0 Å². The average Bonchev–Trinajstić information content (AvgIpc) is 3.47. The molecule has 1 aliphatic carbocycles. The number of fused-ring (bicyclic) bond motifs is 3. The number of nitrogens with one attached hydrogen (secondary N) is 1. The highest BCUT2D eigenvalue weighted by Gasteiger charge is 2.34. The molecule has 182 valence electrons. The maximum atomic E-state index is 9.65. The van der Waals surface area contributed by atoms with E-state index in [9.17, 15) is 5.26 Å². The van der Waals surface area contributed by atoms with E-state index in [2.05, 4.69) is 37.6 Å². The Morgan fingerprint density at radius 3 is 2.57 bits per heavy atom. The summed E-state index contributed by atoms with van der Waals surface area (Å²) in [7, 11) is 1.58. The zero-order valence-electron chi connectivity index (χ0n) is 19.8. The highest BCUT2D eigenvalue weighted by molar-refractivity contribution is 5.72. The van der Waals surface area contributed by atoms with Crippen molar-refractivity contribution in [2.24, 2.45) is 0 Å². The third-order valence-corrected chi connectivity index (χ3v) is 7.26. The molecule has 6 rings (SSSR count). The van der Waals surface area contributed by atoms with Crippen LogP contribution in [0.25, 0.3) is 5.52 Å². The van der Waals surface area contributed by atoms with Crippen LogP contribution in [0.2, 0.25) is 0 Å². The molecule has 2 unspecified atom stereocenters. The topological polar surface area (TPSA) is 110 Å². The summed E-state index contributed by atoms with van der Waals surface area (Å²) in [6.45, 7) is 1.75. The predicted molar refractivity (Wildman–Crippen MR) is 129 cm³/mol. The molecule has 0 radical (unpaired) electrons. The van der Waals surface area contributed by atoms with Crippen LogP contribution >= 0.6 is 0 Å². The number of nitriles is 1. The Labute approximate surface area is 203 Å². The van der Waals surface area contributed by atoms with E-state index in [1.807, 2.05) is 12.3 Å². The van der Waals surface area contributed by atoms with E-state index in [0.29, 0.717) is 29.7 Å². The first kappa shape index (κ1) is 21.9. The molecule has 2 saturated heterocycles. The van der Waals surface area contributed by atoms with E-state index >= 15 is 0 Å². The third-order valence-electron chi connectivity index (χ3n) is 7.26. The number of hydrogen-bond donors (Lipinski definition) is 1. The number of ether oxygens (including phenoxy) is 3. The molecule has 3 aromatic heterocycles. The monoisotopic (exact) mass is 475 g/mol. The molecule has 1 saturated carbocycles. The summed E-state index contributed by atoms with van der Waals surface area (Å²) in [5.74, 6) is 1.98. The Morgan fingerprint density at radius 1 is 1.09 bits per heavy atom. The lowest BCUT2D eigenvalue weighted by Crippen LogP contribution is -2.42. The van der Waals surface area contributed by atoms with Gasteiger partial charge in [-0.25, -0.2) is 4.52 Å². The van der Waals surface area contributed by atoms with Crippen molar-refractivity contribution in [1.29, 1.82) is 5.26 Å². The summed E-state index contributed by atoms with van der Waals surface area (Å²) in [5, 5.41) is 25.8. The fraction of sp³-hybridized carbons (Fsp3) is 0.520. The van der Waals surface area contributed by atoms with Crippen molar-refractivity contribution < 1.29 is 14.2 Å². The second kappa shape index (κ2) is 9.23. The summed E-state index contributed by atoms with van der Waals surface area (Å²) in [4.78, 5) is 2.36. The van der Waals surface area contributed by atoms with Gasteiger partial charge in [-0.3, -0.25) is 0 Å². The van der Waals surface area contributed by atoms with Crippen molar-refractivity contribution in [3.63, 3.8) is 0 Å². The van der Waals surface area contributed by atoms with Crippen LogP contribution in [-0.2, 0) is 4.74 Å². The number of methoxy groups -OCH3 is 1. The number of anilines is 2. The molecule has 2 atom stereocenters. The zero-order chi connectivity index (χ0) is 23.8. The lowest BCUT2D eigenvalue weighted by atomic mass is 9.93. The van der Waals surface area contributed by atoms with Crippen LogP contribution in [0.1, 0.15) is 44.1 Å². The normalized spacial score (nSPS) is 25.9. The standard InChI is InChI=1S/C25H29N7O3/c1-33-24-9-8-23(29-30-24)28-17-2-4-19(5-3-17)35-22-10-18(13-32-25(22)16(11-26)12-27-32)31-14-20-6-7-21(15-31)34-20/h8-10,12-13,17,19-21H,2-7,14-15H2,1H3,(H,28,29). The molecule has 0 amide bonds. The quantitative estimate of drug-likeness (QED) is 0.575. The second-order valence-corrected chi connectivity index (χ2v) is 9.58. The fourth-order valence-corrected chi connectivity index (χ4v) is 5.46. The van der Waals surface area contributed by atoms with Gasteiger partial charge in [-0.05, 0) is 44.6 Å². The Bertz CT molecular complexity index is 1220. The van der Waals surface area contributed by atoms with Crippen LogP contribution < -0.4 is 19.7 Å². The minimum Gasteiger partial charge on any atom is -0.488 e. The number of morpholine rings is 1. The lowest BCUT2D eigenvalue weighted by molar-refractivity contribution is 0.0304. The van der Waals surface area contributed by atoms with E-state index in [1.54, 1.807) is 23.9 Å². The molecule has 5 heterocycles. The molecule has 10 heteroatoms. The van der Waals surface area contributed by atoms with Crippen molar-refractivity contribution >= 4 is 17.0 Å². The van der Waals surface area contributed by atoms with E-state index in [0.717, 1.165) is 74.4 Å². The van der Waals surface area contributed by atoms with E-state index in [4.69, 9.17) is 14.2 Å². The molecular weight excluding hydrogens is 446 g/mol. The SMILES string of the molecule is COc1ccc(NC2CCC(Oc3cc(N4CC5CCC(C4)O5)cn4ncc(C#N)c34)CC2)nn1. The maximum Gasteiger partial charge on any atom is 0.233 e. The van der Waals surface area contributed by atoms with Gasteiger partial charge in [-0.1, -0.05) is 0 Å². The van der Waals surface area contributed by atoms with E-state index < -0.39 is 0 Å². The van der Waals surface area contributed by atoms with E-state index in [1.165, 1.54) is 0 Å². The van der Waals surface area contributed by atoms with Crippen LogP contribution in [0.5, 0.6) is 11.6 Å². The minimum absolute atomic E-state index is 0.0800. The van der Waals surface area contributed by atoms with Crippen LogP contribution in [0, 0.1) is 11.3 Å². The van der Waals surface area contributed by atoms with Crippen molar-refractivity contribution in [1.82, 2.24) is 19.8 Å². The van der Waals surface area contributed by atoms with Gasteiger partial charge in [-0.15, -0.1) is 10.2 Å².